The summed E-state index contributed by atoms with van der Waals surface area (Å²) in [5.74, 6) is -1.44. The summed E-state index contributed by atoms with van der Waals surface area (Å²) in [4.78, 5) is 39.3. The summed E-state index contributed by atoms with van der Waals surface area (Å²) in [7, 11) is 0. The van der Waals surface area contributed by atoms with Gasteiger partial charge < -0.3 is 10.1 Å². The molecule has 2 amide bonds. The van der Waals surface area contributed by atoms with Crippen LogP contribution < -0.4 is 5.32 Å². The Labute approximate surface area is 134 Å². The molecule has 0 radical (unpaired) electrons. The molecule has 2 heterocycles. The molecule has 0 atom stereocenters. The number of fused-ring (bicyclic) bond motifs is 1. The third-order valence-corrected chi connectivity index (χ3v) is 4.05. The van der Waals surface area contributed by atoms with Gasteiger partial charge in [0.05, 0.1) is 11.1 Å². The first-order valence-electron chi connectivity index (χ1n) is 7.71. The molecule has 1 saturated heterocycles. The van der Waals surface area contributed by atoms with Gasteiger partial charge >= 0.3 is 5.97 Å². The van der Waals surface area contributed by atoms with Gasteiger partial charge in [0.1, 0.15) is 13.2 Å². The van der Waals surface area contributed by atoms with E-state index in [-0.39, 0.29) is 13.2 Å². The number of amides is 2. The van der Waals surface area contributed by atoms with Crippen molar-refractivity contribution in [2.45, 2.75) is 0 Å². The zero-order valence-electron chi connectivity index (χ0n) is 12.8. The first-order valence-corrected chi connectivity index (χ1v) is 7.71. The molecular weight excluding hydrogens is 298 g/mol. The monoisotopic (exact) mass is 317 g/mol. The van der Waals surface area contributed by atoms with Gasteiger partial charge in [-0.3, -0.25) is 24.2 Å². The number of hydrogen-bond donors (Lipinski definition) is 1. The SMILES string of the molecule is O=C(CN1C(=O)c2ccccc2C1=O)OCCN1CCNCC1. The molecule has 0 aromatic heterocycles. The molecule has 1 fully saturated rings. The Kier molecular flexibility index (Phi) is 4.68. The van der Waals surface area contributed by atoms with Gasteiger partial charge in [0, 0.05) is 32.7 Å². The fourth-order valence-electron chi connectivity index (χ4n) is 2.78. The summed E-state index contributed by atoms with van der Waals surface area (Å²) in [6.07, 6.45) is 0. The minimum atomic E-state index is -0.561. The fourth-order valence-corrected chi connectivity index (χ4v) is 2.78. The van der Waals surface area contributed by atoms with Crippen LogP contribution in [-0.4, -0.2) is 73.5 Å². The molecule has 2 aliphatic heterocycles. The molecule has 0 bridgehead atoms. The van der Waals surface area contributed by atoms with Crippen LogP contribution in [0.2, 0.25) is 0 Å². The van der Waals surface area contributed by atoms with E-state index in [1.807, 2.05) is 0 Å². The number of esters is 1. The van der Waals surface area contributed by atoms with E-state index < -0.39 is 17.8 Å². The van der Waals surface area contributed by atoms with Crippen LogP contribution in [0.15, 0.2) is 24.3 Å². The third kappa shape index (κ3) is 3.40. The Morgan fingerprint density at radius 3 is 2.30 bits per heavy atom. The van der Waals surface area contributed by atoms with Crippen LogP contribution in [-0.2, 0) is 9.53 Å². The molecule has 0 unspecified atom stereocenters. The minimum Gasteiger partial charge on any atom is -0.463 e. The quantitative estimate of drug-likeness (QED) is 0.595. The van der Waals surface area contributed by atoms with Crippen LogP contribution >= 0.6 is 0 Å². The van der Waals surface area contributed by atoms with E-state index in [1.165, 1.54) is 0 Å². The first-order chi connectivity index (χ1) is 11.2. The lowest BCUT2D eigenvalue weighted by Crippen LogP contribution is -2.45. The fraction of sp³-hybridized carbons (Fsp3) is 0.438. The van der Waals surface area contributed by atoms with Gasteiger partial charge in [-0.2, -0.15) is 0 Å². The van der Waals surface area contributed by atoms with Crippen molar-refractivity contribution < 1.29 is 19.1 Å². The topological polar surface area (TPSA) is 79.0 Å². The van der Waals surface area contributed by atoms with Gasteiger partial charge in [-0.1, -0.05) is 12.1 Å². The predicted molar refractivity (Wildman–Crippen MR) is 82.1 cm³/mol. The molecule has 0 saturated carbocycles. The third-order valence-electron chi connectivity index (χ3n) is 4.05. The van der Waals surface area contributed by atoms with Gasteiger partial charge in [0.15, 0.2) is 0 Å². The molecule has 1 aromatic carbocycles. The molecule has 0 aliphatic carbocycles. The largest absolute Gasteiger partial charge is 0.463 e. The van der Waals surface area contributed by atoms with E-state index in [2.05, 4.69) is 10.2 Å². The summed E-state index contributed by atoms with van der Waals surface area (Å²) >= 11 is 0. The molecule has 122 valence electrons. The molecule has 7 nitrogen and oxygen atoms in total. The summed E-state index contributed by atoms with van der Waals surface area (Å²) in [5, 5.41) is 3.25. The molecule has 0 spiro atoms. The van der Waals surface area contributed by atoms with Gasteiger partial charge in [-0.25, -0.2) is 0 Å². The molecule has 1 N–H and O–H groups in total. The number of carbonyl (C=O) groups is 3. The van der Waals surface area contributed by atoms with Crippen LogP contribution in [0.1, 0.15) is 20.7 Å². The van der Waals surface area contributed by atoms with Crippen LogP contribution in [0.4, 0.5) is 0 Å². The van der Waals surface area contributed by atoms with Crippen LogP contribution in [0.3, 0.4) is 0 Å². The number of rotatable bonds is 5. The second-order valence-electron chi connectivity index (χ2n) is 5.55. The Hall–Kier alpha value is -2.25. The highest BCUT2D eigenvalue weighted by Gasteiger charge is 2.36. The molecule has 3 rings (SSSR count). The zero-order chi connectivity index (χ0) is 16.2. The maximum absolute atomic E-state index is 12.1. The Balaban J connectivity index is 1.49. The highest BCUT2D eigenvalue weighted by atomic mass is 16.5. The standard InChI is InChI=1S/C16H19N3O4/c20-14(23-10-9-18-7-5-17-6-8-18)11-19-15(21)12-3-1-2-4-13(12)16(19)22/h1-4,17H,5-11H2. The lowest BCUT2D eigenvalue weighted by molar-refractivity contribution is -0.144. The number of nitrogens with one attached hydrogen (secondary N) is 1. The molecular formula is C16H19N3O4. The van der Waals surface area contributed by atoms with Gasteiger partial charge in [0.2, 0.25) is 0 Å². The first kappa shape index (κ1) is 15.6. The maximum Gasteiger partial charge on any atom is 0.326 e. The van der Waals surface area contributed by atoms with Crippen molar-refractivity contribution in [1.82, 2.24) is 15.1 Å². The Bertz CT molecular complexity index is 591. The van der Waals surface area contributed by atoms with Crippen molar-refractivity contribution >= 4 is 17.8 Å². The average Bonchev–Trinajstić information content (AvgIpc) is 2.81. The summed E-state index contributed by atoms with van der Waals surface area (Å²) < 4.78 is 5.16. The molecule has 7 heteroatoms. The molecule has 2 aliphatic rings. The van der Waals surface area contributed by atoms with Crippen molar-refractivity contribution in [3.8, 4) is 0 Å². The Morgan fingerprint density at radius 1 is 1.09 bits per heavy atom. The second-order valence-corrected chi connectivity index (χ2v) is 5.55. The normalized spacial score (nSPS) is 18.2. The van der Waals surface area contributed by atoms with Crippen molar-refractivity contribution in [2.24, 2.45) is 0 Å². The second kappa shape index (κ2) is 6.89. The van der Waals surface area contributed by atoms with Crippen LogP contribution in [0.25, 0.3) is 0 Å². The maximum atomic E-state index is 12.1. The number of carbonyl (C=O) groups excluding carboxylic acids is 3. The van der Waals surface area contributed by atoms with Crippen LogP contribution in [0.5, 0.6) is 0 Å². The minimum absolute atomic E-state index is 0.266. The van der Waals surface area contributed by atoms with Crippen molar-refractivity contribution in [3.05, 3.63) is 35.4 Å². The van der Waals surface area contributed by atoms with Gasteiger partial charge in [0.25, 0.3) is 11.8 Å². The number of piperazine rings is 1. The van der Waals surface area contributed by atoms with Gasteiger partial charge in [-0.15, -0.1) is 0 Å². The van der Waals surface area contributed by atoms with E-state index in [9.17, 15) is 14.4 Å². The summed E-state index contributed by atoms with van der Waals surface area (Å²) in [6.45, 7) is 4.31. The van der Waals surface area contributed by atoms with E-state index in [0.29, 0.717) is 17.7 Å². The van der Waals surface area contributed by atoms with E-state index in [4.69, 9.17) is 4.74 Å². The zero-order valence-corrected chi connectivity index (χ0v) is 12.8. The van der Waals surface area contributed by atoms with Crippen molar-refractivity contribution in [3.63, 3.8) is 0 Å². The van der Waals surface area contributed by atoms with Crippen LogP contribution in [0, 0.1) is 0 Å². The number of hydrogen-bond acceptors (Lipinski definition) is 6. The highest BCUT2D eigenvalue weighted by Crippen LogP contribution is 2.21. The van der Waals surface area contributed by atoms with Crippen molar-refractivity contribution in [2.75, 3.05) is 45.9 Å². The summed E-state index contributed by atoms with van der Waals surface area (Å²) in [6, 6.07) is 6.56. The molecule has 1 aromatic rings. The van der Waals surface area contributed by atoms with E-state index in [0.717, 1.165) is 31.1 Å². The highest BCUT2D eigenvalue weighted by molar-refractivity contribution is 6.22. The number of nitrogens with zero attached hydrogens (tertiary/aromatic N) is 2. The predicted octanol–water partition coefficient (Wildman–Crippen LogP) is -0.269. The number of benzene rings is 1. The van der Waals surface area contributed by atoms with E-state index >= 15 is 0 Å². The number of imide groups is 1. The molecule has 23 heavy (non-hydrogen) atoms. The Morgan fingerprint density at radius 2 is 1.70 bits per heavy atom. The van der Waals surface area contributed by atoms with Gasteiger partial charge in [-0.05, 0) is 12.1 Å². The average molecular weight is 317 g/mol. The summed E-state index contributed by atoms with van der Waals surface area (Å²) in [5.41, 5.74) is 0.678. The van der Waals surface area contributed by atoms with Crippen molar-refractivity contribution in [1.29, 1.82) is 0 Å². The smallest absolute Gasteiger partial charge is 0.326 e. The lowest BCUT2D eigenvalue weighted by Gasteiger charge is -2.26. The van der Waals surface area contributed by atoms with E-state index in [1.54, 1.807) is 24.3 Å². The lowest BCUT2D eigenvalue weighted by atomic mass is 10.1. The number of ether oxygens (including phenoxy) is 1.